The van der Waals surface area contributed by atoms with E-state index >= 15 is 0 Å². The number of para-hydroxylation sites is 1. The summed E-state index contributed by atoms with van der Waals surface area (Å²) in [6.07, 6.45) is -8.77. The summed E-state index contributed by atoms with van der Waals surface area (Å²) in [5.74, 6) is -1.17. The first-order valence-electron chi connectivity index (χ1n) is 7.10. The van der Waals surface area contributed by atoms with Gasteiger partial charge < -0.3 is 9.64 Å². The Morgan fingerprint density at radius 1 is 1.08 bits per heavy atom. The molecule has 0 unspecified atom stereocenters. The Hall–Kier alpha value is -2.78. The normalized spacial score (nSPS) is 12.0. The van der Waals surface area contributed by atoms with E-state index in [1.165, 1.54) is 25.2 Å². The molecular formula is C16H12F6N2O2. The average molecular weight is 378 g/mol. The van der Waals surface area contributed by atoms with Crippen LogP contribution in [0, 0.1) is 0 Å². The van der Waals surface area contributed by atoms with Crippen LogP contribution >= 0.6 is 0 Å². The van der Waals surface area contributed by atoms with E-state index in [0.717, 1.165) is 23.2 Å². The summed E-state index contributed by atoms with van der Waals surface area (Å²) >= 11 is 0. The molecule has 1 heterocycles. The number of pyridine rings is 1. The van der Waals surface area contributed by atoms with Crippen LogP contribution in [0.25, 0.3) is 0 Å². The third-order valence-corrected chi connectivity index (χ3v) is 3.25. The molecule has 2 aromatic rings. The van der Waals surface area contributed by atoms with Crippen LogP contribution in [0.1, 0.15) is 21.6 Å². The fraction of sp³-hybridized carbons (Fsp3) is 0.250. The van der Waals surface area contributed by atoms with Gasteiger partial charge in [0.15, 0.2) is 0 Å². The number of amides is 1. The Morgan fingerprint density at radius 3 is 2.27 bits per heavy atom. The van der Waals surface area contributed by atoms with E-state index in [9.17, 15) is 31.1 Å². The zero-order valence-electron chi connectivity index (χ0n) is 13.2. The molecule has 1 aromatic heterocycles. The number of hydrogen-bond donors (Lipinski definition) is 0. The van der Waals surface area contributed by atoms with E-state index in [1.54, 1.807) is 0 Å². The van der Waals surface area contributed by atoms with E-state index in [1.807, 2.05) is 0 Å². The van der Waals surface area contributed by atoms with Gasteiger partial charge >= 0.3 is 12.5 Å². The zero-order valence-corrected chi connectivity index (χ0v) is 13.2. The van der Waals surface area contributed by atoms with E-state index in [0.29, 0.717) is 6.07 Å². The van der Waals surface area contributed by atoms with Crippen LogP contribution in [0.15, 0.2) is 42.6 Å². The van der Waals surface area contributed by atoms with Gasteiger partial charge in [0.2, 0.25) is 0 Å². The van der Waals surface area contributed by atoms with Crippen molar-refractivity contribution in [1.29, 1.82) is 0 Å². The molecule has 0 spiro atoms. The molecule has 1 aromatic carbocycles. The van der Waals surface area contributed by atoms with E-state index in [-0.39, 0.29) is 17.7 Å². The monoisotopic (exact) mass is 378 g/mol. The molecule has 26 heavy (non-hydrogen) atoms. The molecule has 0 bridgehead atoms. The van der Waals surface area contributed by atoms with Gasteiger partial charge in [-0.2, -0.15) is 13.2 Å². The molecule has 1 amide bonds. The van der Waals surface area contributed by atoms with Crippen molar-refractivity contribution < 1.29 is 35.9 Å². The SMILES string of the molecule is CN(Cc1ccccc1OC(F)(F)F)C(=O)c1ccc(C(F)(F)F)nc1. The zero-order chi connectivity index (χ0) is 19.5. The Labute approximate surface area is 144 Å². The maximum atomic E-state index is 12.5. The second-order valence-corrected chi connectivity index (χ2v) is 5.25. The van der Waals surface area contributed by atoms with Crippen molar-refractivity contribution in [2.75, 3.05) is 7.05 Å². The average Bonchev–Trinajstić information content (AvgIpc) is 2.54. The van der Waals surface area contributed by atoms with Gasteiger partial charge in [0.05, 0.1) is 5.56 Å². The third-order valence-electron chi connectivity index (χ3n) is 3.25. The Bertz CT molecular complexity index is 772. The van der Waals surface area contributed by atoms with Crippen molar-refractivity contribution >= 4 is 5.91 Å². The van der Waals surface area contributed by atoms with Crippen LogP contribution in [-0.2, 0) is 12.7 Å². The fourth-order valence-corrected chi connectivity index (χ4v) is 2.09. The van der Waals surface area contributed by atoms with Gasteiger partial charge in [-0.3, -0.25) is 9.78 Å². The smallest absolute Gasteiger partial charge is 0.405 e. The van der Waals surface area contributed by atoms with Crippen LogP contribution < -0.4 is 4.74 Å². The van der Waals surface area contributed by atoms with Crippen molar-refractivity contribution in [2.45, 2.75) is 19.1 Å². The summed E-state index contributed by atoms with van der Waals surface area (Å²) in [6, 6.07) is 6.86. The van der Waals surface area contributed by atoms with Gasteiger partial charge in [0.25, 0.3) is 5.91 Å². The first-order valence-corrected chi connectivity index (χ1v) is 7.10. The molecule has 0 saturated heterocycles. The number of aromatic nitrogens is 1. The molecule has 0 radical (unpaired) electrons. The lowest BCUT2D eigenvalue weighted by atomic mass is 10.1. The summed E-state index contributed by atoms with van der Waals surface area (Å²) in [5.41, 5.74) is -1.20. The van der Waals surface area contributed by atoms with Crippen LogP contribution in [0.3, 0.4) is 0 Å². The molecule has 0 atom stereocenters. The summed E-state index contributed by atoms with van der Waals surface area (Å²) < 4.78 is 78.6. The number of carbonyl (C=O) groups is 1. The Kier molecular flexibility index (Phi) is 5.43. The van der Waals surface area contributed by atoms with Gasteiger partial charge in [-0.05, 0) is 18.2 Å². The van der Waals surface area contributed by atoms with Crippen molar-refractivity contribution in [3.63, 3.8) is 0 Å². The molecule has 140 valence electrons. The molecule has 10 heteroatoms. The van der Waals surface area contributed by atoms with Crippen LogP contribution in [0.2, 0.25) is 0 Å². The maximum absolute atomic E-state index is 12.5. The highest BCUT2D eigenvalue weighted by atomic mass is 19.4. The highest BCUT2D eigenvalue weighted by Crippen LogP contribution is 2.28. The number of carbonyl (C=O) groups excluding carboxylic acids is 1. The summed E-state index contributed by atoms with van der Waals surface area (Å²) in [6.45, 7) is -0.244. The lowest BCUT2D eigenvalue weighted by Gasteiger charge is -2.20. The predicted molar refractivity (Wildman–Crippen MR) is 78.2 cm³/mol. The highest BCUT2D eigenvalue weighted by Gasteiger charge is 2.33. The van der Waals surface area contributed by atoms with E-state index in [2.05, 4.69) is 9.72 Å². The number of rotatable bonds is 4. The van der Waals surface area contributed by atoms with Crippen LogP contribution in [0.4, 0.5) is 26.3 Å². The molecule has 4 nitrogen and oxygen atoms in total. The number of nitrogens with zero attached hydrogens (tertiary/aromatic N) is 2. The molecule has 0 N–H and O–H groups in total. The predicted octanol–water partition coefficient (Wildman–Crippen LogP) is 4.27. The minimum atomic E-state index is -4.89. The molecule has 0 aliphatic carbocycles. The molecule has 0 aliphatic rings. The molecule has 0 saturated carbocycles. The van der Waals surface area contributed by atoms with Crippen LogP contribution in [0.5, 0.6) is 5.75 Å². The second-order valence-electron chi connectivity index (χ2n) is 5.25. The van der Waals surface area contributed by atoms with Gasteiger partial charge in [-0.1, -0.05) is 18.2 Å². The first kappa shape index (κ1) is 19.5. The standard InChI is InChI=1S/C16H12F6N2O2/c1-24(9-11-4-2-3-5-12(11)26-16(20,21)22)14(25)10-6-7-13(23-8-10)15(17,18)19/h2-8H,9H2,1H3. The second kappa shape index (κ2) is 7.22. The van der Waals surface area contributed by atoms with Crippen molar-refractivity contribution in [3.05, 3.63) is 59.4 Å². The third kappa shape index (κ3) is 5.11. The molecule has 2 rings (SSSR count). The summed E-state index contributed by atoms with van der Waals surface area (Å²) in [5, 5.41) is 0. The maximum Gasteiger partial charge on any atom is 0.573 e. The Balaban J connectivity index is 2.15. The number of hydrogen-bond acceptors (Lipinski definition) is 3. The summed E-state index contributed by atoms with van der Waals surface area (Å²) in [4.78, 5) is 16.5. The minimum Gasteiger partial charge on any atom is -0.405 e. The lowest BCUT2D eigenvalue weighted by Crippen LogP contribution is -2.27. The van der Waals surface area contributed by atoms with Gasteiger partial charge in [-0.15, -0.1) is 13.2 Å². The van der Waals surface area contributed by atoms with Crippen molar-refractivity contribution in [3.8, 4) is 5.75 Å². The summed E-state index contributed by atoms with van der Waals surface area (Å²) in [7, 11) is 1.30. The largest absolute Gasteiger partial charge is 0.573 e. The Morgan fingerprint density at radius 2 is 1.73 bits per heavy atom. The van der Waals surface area contributed by atoms with Gasteiger partial charge in [0, 0.05) is 25.4 Å². The highest BCUT2D eigenvalue weighted by molar-refractivity contribution is 5.93. The minimum absolute atomic E-state index is 0.0838. The van der Waals surface area contributed by atoms with Crippen molar-refractivity contribution in [1.82, 2.24) is 9.88 Å². The van der Waals surface area contributed by atoms with E-state index < -0.39 is 29.9 Å². The van der Waals surface area contributed by atoms with Gasteiger partial charge in [-0.25, -0.2) is 0 Å². The lowest BCUT2D eigenvalue weighted by molar-refractivity contribution is -0.275. The quantitative estimate of drug-likeness (QED) is 0.747. The fourth-order valence-electron chi connectivity index (χ4n) is 2.09. The first-order chi connectivity index (χ1) is 12.0. The number of benzene rings is 1. The van der Waals surface area contributed by atoms with E-state index in [4.69, 9.17) is 0 Å². The van der Waals surface area contributed by atoms with Gasteiger partial charge in [0.1, 0.15) is 11.4 Å². The molecule has 0 aliphatic heterocycles. The molecule has 0 fully saturated rings. The number of ether oxygens (including phenoxy) is 1. The van der Waals surface area contributed by atoms with Crippen LogP contribution in [-0.4, -0.2) is 29.2 Å². The number of alkyl halides is 6. The van der Waals surface area contributed by atoms with Crippen molar-refractivity contribution in [2.24, 2.45) is 0 Å². The molecular weight excluding hydrogens is 366 g/mol. The topological polar surface area (TPSA) is 42.4 Å². The number of halogens is 6.